The summed E-state index contributed by atoms with van der Waals surface area (Å²) in [4.78, 5) is 8.36. The molecule has 0 saturated heterocycles. The fraction of sp³-hybridized carbons (Fsp3) is 0.889. The van der Waals surface area contributed by atoms with Crippen LogP contribution in [0.15, 0.2) is 0 Å². The molecule has 3 nitrogen and oxygen atoms in total. The molecule has 3 N–H and O–H groups in total. The Bertz CT molecular complexity index is 109. The Morgan fingerprint density at radius 2 is 1.83 bits per heavy atom. The van der Waals surface area contributed by atoms with Gasteiger partial charge in [0.25, 0.3) is 6.47 Å². The quantitative estimate of drug-likeness (QED) is 0.592. The maximum absolute atomic E-state index is 8.36. The third kappa shape index (κ3) is 5.13. The van der Waals surface area contributed by atoms with Crippen molar-refractivity contribution in [3.05, 3.63) is 0 Å². The molecule has 0 aromatic carbocycles. The second-order valence-corrected chi connectivity index (χ2v) is 3.36. The summed E-state index contributed by atoms with van der Waals surface area (Å²) < 4.78 is 0. The van der Waals surface area contributed by atoms with Gasteiger partial charge >= 0.3 is 0 Å². The van der Waals surface area contributed by atoms with Gasteiger partial charge in [0, 0.05) is 6.04 Å². The first kappa shape index (κ1) is 11.4. The molecule has 0 aromatic heterocycles. The van der Waals surface area contributed by atoms with Gasteiger partial charge in [-0.15, -0.1) is 0 Å². The molecule has 0 aliphatic heterocycles. The molecule has 1 aliphatic carbocycles. The fourth-order valence-corrected chi connectivity index (χ4v) is 1.66. The van der Waals surface area contributed by atoms with Crippen LogP contribution in [-0.4, -0.2) is 17.6 Å². The lowest BCUT2D eigenvalue weighted by atomic mass is 9.85. The molecule has 1 fully saturated rings. The summed E-state index contributed by atoms with van der Waals surface area (Å²) in [5.41, 5.74) is 5.77. The molecule has 1 unspecified atom stereocenters. The van der Waals surface area contributed by atoms with E-state index in [0.29, 0.717) is 6.04 Å². The Morgan fingerprint density at radius 3 is 2.08 bits per heavy atom. The molecule has 3 heteroatoms. The summed E-state index contributed by atoms with van der Waals surface area (Å²) in [7, 11) is 0. The summed E-state index contributed by atoms with van der Waals surface area (Å²) in [5.74, 6) is 0.832. The zero-order chi connectivity index (χ0) is 9.40. The van der Waals surface area contributed by atoms with Gasteiger partial charge in [-0.05, 0) is 25.7 Å². The van der Waals surface area contributed by atoms with Gasteiger partial charge in [-0.25, -0.2) is 0 Å². The first-order chi connectivity index (χ1) is 5.72. The van der Waals surface area contributed by atoms with Gasteiger partial charge in [0.2, 0.25) is 0 Å². The zero-order valence-electron chi connectivity index (χ0n) is 7.70. The Labute approximate surface area is 74.0 Å². The van der Waals surface area contributed by atoms with Gasteiger partial charge < -0.3 is 10.8 Å². The largest absolute Gasteiger partial charge is 0.483 e. The van der Waals surface area contributed by atoms with Crippen molar-refractivity contribution in [2.24, 2.45) is 11.7 Å². The summed E-state index contributed by atoms with van der Waals surface area (Å²) in [6.45, 7) is 1.88. The van der Waals surface area contributed by atoms with Crippen molar-refractivity contribution in [2.75, 3.05) is 0 Å². The highest BCUT2D eigenvalue weighted by Crippen LogP contribution is 2.25. The smallest absolute Gasteiger partial charge is 0.290 e. The number of carboxylic acid groups (broad SMARTS) is 1. The predicted octanol–water partition coefficient (Wildman–Crippen LogP) is 1.61. The maximum Gasteiger partial charge on any atom is 0.290 e. The summed E-state index contributed by atoms with van der Waals surface area (Å²) in [6, 6.07) is 0.435. The molecular weight excluding hydrogens is 154 g/mol. The zero-order valence-corrected chi connectivity index (χ0v) is 7.70. The van der Waals surface area contributed by atoms with Gasteiger partial charge in [0.15, 0.2) is 0 Å². The molecule has 0 spiro atoms. The van der Waals surface area contributed by atoms with Crippen LogP contribution < -0.4 is 5.73 Å². The van der Waals surface area contributed by atoms with Crippen molar-refractivity contribution in [2.45, 2.75) is 45.1 Å². The highest BCUT2D eigenvalue weighted by Gasteiger charge is 2.16. The van der Waals surface area contributed by atoms with Crippen LogP contribution >= 0.6 is 0 Å². The monoisotopic (exact) mass is 173 g/mol. The molecule has 72 valence electrons. The molecule has 0 heterocycles. The lowest BCUT2D eigenvalue weighted by Gasteiger charge is -2.24. The molecular formula is C9H19NO2. The van der Waals surface area contributed by atoms with Gasteiger partial charge in [0.05, 0.1) is 0 Å². The Morgan fingerprint density at radius 1 is 1.42 bits per heavy atom. The number of hydrogen-bond acceptors (Lipinski definition) is 2. The van der Waals surface area contributed by atoms with E-state index in [0.717, 1.165) is 5.92 Å². The minimum Gasteiger partial charge on any atom is -0.483 e. The van der Waals surface area contributed by atoms with E-state index in [1.807, 2.05) is 0 Å². The molecule has 1 aliphatic rings. The Hall–Kier alpha value is -0.570. The summed E-state index contributed by atoms with van der Waals surface area (Å²) >= 11 is 0. The van der Waals surface area contributed by atoms with Crippen LogP contribution in [0.4, 0.5) is 0 Å². The van der Waals surface area contributed by atoms with E-state index in [1.165, 1.54) is 32.1 Å². The van der Waals surface area contributed by atoms with Crippen molar-refractivity contribution in [1.82, 2.24) is 0 Å². The molecule has 0 bridgehead atoms. The standard InChI is InChI=1S/C8H17N.CH2O2/c1-7(9)8-5-3-2-4-6-8;2-1-3/h7-8H,2-6,9H2,1H3;1H,(H,2,3). The number of hydrogen-bond donors (Lipinski definition) is 2. The average Bonchev–Trinajstić information content (AvgIpc) is 2.07. The molecule has 1 atom stereocenters. The highest BCUT2D eigenvalue weighted by atomic mass is 16.3. The Kier molecular flexibility index (Phi) is 6.76. The van der Waals surface area contributed by atoms with Crippen LogP contribution in [0.5, 0.6) is 0 Å². The van der Waals surface area contributed by atoms with E-state index >= 15 is 0 Å². The second-order valence-electron chi connectivity index (χ2n) is 3.36. The molecule has 1 rings (SSSR count). The van der Waals surface area contributed by atoms with Crippen molar-refractivity contribution in [3.63, 3.8) is 0 Å². The van der Waals surface area contributed by atoms with E-state index < -0.39 is 0 Å². The van der Waals surface area contributed by atoms with Gasteiger partial charge in [-0.2, -0.15) is 0 Å². The number of rotatable bonds is 1. The van der Waals surface area contributed by atoms with E-state index in [2.05, 4.69) is 6.92 Å². The lowest BCUT2D eigenvalue weighted by Crippen LogP contribution is -2.27. The first-order valence-electron chi connectivity index (χ1n) is 4.55. The van der Waals surface area contributed by atoms with E-state index in [4.69, 9.17) is 15.6 Å². The van der Waals surface area contributed by atoms with Crippen LogP contribution in [0.1, 0.15) is 39.0 Å². The highest BCUT2D eigenvalue weighted by molar-refractivity contribution is 5.32. The predicted molar refractivity (Wildman–Crippen MR) is 48.9 cm³/mol. The minimum absolute atomic E-state index is 0.250. The number of nitrogens with two attached hydrogens (primary N) is 1. The van der Waals surface area contributed by atoms with Crippen LogP contribution in [0.3, 0.4) is 0 Å². The lowest BCUT2D eigenvalue weighted by molar-refractivity contribution is -0.122. The second kappa shape index (κ2) is 7.10. The topological polar surface area (TPSA) is 63.3 Å². The van der Waals surface area contributed by atoms with Crippen molar-refractivity contribution < 1.29 is 9.90 Å². The third-order valence-electron chi connectivity index (χ3n) is 2.39. The molecule has 1 saturated carbocycles. The SMILES string of the molecule is CC(N)C1CCCCC1.O=CO. The van der Waals surface area contributed by atoms with Crippen LogP contribution in [0.25, 0.3) is 0 Å². The van der Waals surface area contributed by atoms with E-state index in [9.17, 15) is 0 Å². The maximum atomic E-state index is 8.36. The third-order valence-corrected chi connectivity index (χ3v) is 2.39. The van der Waals surface area contributed by atoms with Crippen LogP contribution in [-0.2, 0) is 4.79 Å². The van der Waals surface area contributed by atoms with E-state index in [-0.39, 0.29) is 6.47 Å². The van der Waals surface area contributed by atoms with Crippen molar-refractivity contribution >= 4 is 6.47 Å². The molecule has 0 radical (unpaired) electrons. The van der Waals surface area contributed by atoms with Crippen LogP contribution in [0.2, 0.25) is 0 Å². The van der Waals surface area contributed by atoms with Gasteiger partial charge in [-0.1, -0.05) is 19.3 Å². The fourth-order valence-electron chi connectivity index (χ4n) is 1.66. The molecule has 12 heavy (non-hydrogen) atoms. The number of carbonyl (C=O) groups is 1. The minimum atomic E-state index is -0.250. The summed E-state index contributed by atoms with van der Waals surface area (Å²) in [6.07, 6.45) is 7.00. The summed E-state index contributed by atoms with van der Waals surface area (Å²) in [5, 5.41) is 6.89. The van der Waals surface area contributed by atoms with Crippen molar-refractivity contribution in [3.8, 4) is 0 Å². The van der Waals surface area contributed by atoms with Gasteiger partial charge in [0.1, 0.15) is 0 Å². The Balaban J connectivity index is 0.000000354. The van der Waals surface area contributed by atoms with Crippen LogP contribution in [0, 0.1) is 5.92 Å². The molecule has 0 amide bonds. The van der Waals surface area contributed by atoms with Gasteiger partial charge in [-0.3, -0.25) is 4.79 Å². The molecule has 0 aromatic rings. The first-order valence-corrected chi connectivity index (χ1v) is 4.55. The van der Waals surface area contributed by atoms with Crippen molar-refractivity contribution in [1.29, 1.82) is 0 Å². The van der Waals surface area contributed by atoms with E-state index in [1.54, 1.807) is 0 Å². The normalized spacial score (nSPS) is 20.5. The average molecular weight is 173 g/mol.